The lowest BCUT2D eigenvalue weighted by Crippen LogP contribution is -2.39. The van der Waals surface area contributed by atoms with Gasteiger partial charge in [-0.05, 0) is 42.3 Å². The maximum atomic E-state index is 12.9. The highest BCUT2D eigenvalue weighted by atomic mass is 32.2. The smallest absolute Gasteiger partial charge is 0.376 e. The van der Waals surface area contributed by atoms with E-state index in [1.54, 1.807) is 6.07 Å². The van der Waals surface area contributed by atoms with Gasteiger partial charge in [0.05, 0.1) is 0 Å². The van der Waals surface area contributed by atoms with E-state index in [1.807, 2.05) is 30.3 Å². The number of halogens is 3. The zero-order chi connectivity index (χ0) is 20.6. The third kappa shape index (κ3) is 4.06. The Hall–Kier alpha value is -2.36. The maximum absolute atomic E-state index is 12.9. The molecule has 3 rings (SSSR count). The van der Waals surface area contributed by atoms with Crippen LogP contribution in [-0.4, -0.2) is 19.7 Å². The molecule has 0 radical (unpaired) electrons. The minimum Gasteiger partial charge on any atom is -0.376 e. The van der Waals surface area contributed by atoms with Crippen molar-refractivity contribution < 1.29 is 26.7 Å². The number of aliphatic hydroxyl groups is 1. The van der Waals surface area contributed by atoms with Gasteiger partial charge >= 0.3 is 6.18 Å². The molecule has 148 valence electrons. The SMILES string of the molecule is CC(O)(c1ccc(NS(=O)(=O)c2ccc(-c3ccccc3)s2)cc1)C(F)(F)F. The van der Waals surface area contributed by atoms with E-state index in [1.165, 1.54) is 18.2 Å². The van der Waals surface area contributed by atoms with Crippen molar-refractivity contribution in [1.82, 2.24) is 0 Å². The van der Waals surface area contributed by atoms with Gasteiger partial charge in [-0.2, -0.15) is 13.2 Å². The average molecular weight is 427 g/mol. The second-order valence-electron chi connectivity index (χ2n) is 6.24. The summed E-state index contributed by atoms with van der Waals surface area (Å²) < 4.78 is 66.2. The summed E-state index contributed by atoms with van der Waals surface area (Å²) in [4.78, 5) is 0.776. The Morgan fingerprint density at radius 1 is 0.929 bits per heavy atom. The van der Waals surface area contributed by atoms with E-state index in [-0.39, 0.29) is 15.5 Å². The second-order valence-corrected chi connectivity index (χ2v) is 9.23. The molecule has 1 atom stereocenters. The van der Waals surface area contributed by atoms with Gasteiger partial charge in [0.15, 0.2) is 5.60 Å². The first-order chi connectivity index (χ1) is 13.0. The normalized spacial score (nSPS) is 14.5. The number of nitrogens with one attached hydrogen (secondary N) is 1. The Kier molecular flexibility index (Phi) is 5.26. The minimum atomic E-state index is -4.85. The summed E-state index contributed by atoms with van der Waals surface area (Å²) in [6, 6.07) is 16.9. The van der Waals surface area contributed by atoms with E-state index >= 15 is 0 Å². The summed E-state index contributed by atoms with van der Waals surface area (Å²) in [5, 5.41) is 9.67. The molecule has 0 saturated carbocycles. The molecule has 0 aliphatic rings. The van der Waals surface area contributed by atoms with Gasteiger partial charge in [0.25, 0.3) is 10.0 Å². The summed E-state index contributed by atoms with van der Waals surface area (Å²) in [6.45, 7) is 0.642. The summed E-state index contributed by atoms with van der Waals surface area (Å²) in [5.41, 5.74) is -2.43. The van der Waals surface area contributed by atoms with Crippen LogP contribution in [0.25, 0.3) is 10.4 Å². The first-order valence-electron chi connectivity index (χ1n) is 8.08. The number of hydrogen-bond acceptors (Lipinski definition) is 4. The van der Waals surface area contributed by atoms with Crippen molar-refractivity contribution in [2.75, 3.05) is 4.72 Å². The van der Waals surface area contributed by atoms with E-state index in [2.05, 4.69) is 4.72 Å². The van der Waals surface area contributed by atoms with Crippen LogP contribution in [0.4, 0.5) is 18.9 Å². The van der Waals surface area contributed by atoms with Crippen molar-refractivity contribution in [2.24, 2.45) is 0 Å². The molecule has 1 unspecified atom stereocenters. The van der Waals surface area contributed by atoms with Crippen LogP contribution < -0.4 is 4.72 Å². The van der Waals surface area contributed by atoms with Crippen LogP contribution in [0.5, 0.6) is 0 Å². The average Bonchev–Trinajstić information content (AvgIpc) is 3.13. The van der Waals surface area contributed by atoms with E-state index in [0.717, 1.165) is 33.9 Å². The van der Waals surface area contributed by atoms with E-state index in [0.29, 0.717) is 6.92 Å². The van der Waals surface area contributed by atoms with Crippen molar-refractivity contribution in [1.29, 1.82) is 0 Å². The van der Waals surface area contributed by atoms with Crippen molar-refractivity contribution in [3.05, 3.63) is 72.3 Å². The van der Waals surface area contributed by atoms with Gasteiger partial charge in [-0.3, -0.25) is 4.72 Å². The Morgan fingerprint density at radius 2 is 1.54 bits per heavy atom. The topological polar surface area (TPSA) is 66.4 Å². The van der Waals surface area contributed by atoms with Crippen LogP contribution in [-0.2, 0) is 15.6 Å². The Bertz CT molecular complexity index is 1060. The number of benzene rings is 2. The van der Waals surface area contributed by atoms with Gasteiger partial charge in [-0.15, -0.1) is 11.3 Å². The fraction of sp³-hybridized carbons (Fsp3) is 0.158. The third-order valence-corrected chi connectivity index (χ3v) is 7.16. The van der Waals surface area contributed by atoms with Crippen LogP contribution in [0.3, 0.4) is 0 Å². The molecule has 1 aromatic heterocycles. The predicted molar refractivity (Wildman–Crippen MR) is 103 cm³/mol. The highest BCUT2D eigenvalue weighted by molar-refractivity contribution is 7.94. The number of thiophene rings is 1. The van der Waals surface area contributed by atoms with E-state index < -0.39 is 21.8 Å². The van der Waals surface area contributed by atoms with Crippen LogP contribution >= 0.6 is 11.3 Å². The zero-order valence-corrected chi connectivity index (χ0v) is 16.2. The summed E-state index contributed by atoms with van der Waals surface area (Å²) in [7, 11) is -3.89. The van der Waals surface area contributed by atoms with Crippen LogP contribution in [0.2, 0.25) is 0 Å². The molecule has 0 aliphatic heterocycles. The zero-order valence-electron chi connectivity index (χ0n) is 14.6. The van der Waals surface area contributed by atoms with Crippen LogP contribution in [0.1, 0.15) is 12.5 Å². The predicted octanol–water partition coefficient (Wildman–Crippen LogP) is 4.99. The van der Waals surface area contributed by atoms with Gasteiger partial charge in [0, 0.05) is 10.6 Å². The highest BCUT2D eigenvalue weighted by Crippen LogP contribution is 2.39. The number of anilines is 1. The van der Waals surface area contributed by atoms with Crippen molar-refractivity contribution in [2.45, 2.75) is 22.9 Å². The van der Waals surface area contributed by atoms with Gasteiger partial charge in [0.2, 0.25) is 0 Å². The molecule has 1 heterocycles. The van der Waals surface area contributed by atoms with Crippen molar-refractivity contribution in [3.8, 4) is 10.4 Å². The number of rotatable bonds is 5. The molecule has 9 heteroatoms. The lowest BCUT2D eigenvalue weighted by Gasteiger charge is -2.26. The van der Waals surface area contributed by atoms with Crippen molar-refractivity contribution >= 4 is 27.0 Å². The Labute approximate surface area is 164 Å². The molecule has 0 amide bonds. The largest absolute Gasteiger partial charge is 0.421 e. The van der Waals surface area contributed by atoms with Crippen LogP contribution in [0.15, 0.2) is 70.9 Å². The molecule has 0 saturated heterocycles. The standard InChI is InChI=1S/C19H16F3NO3S2/c1-18(24,19(20,21)22)14-7-9-15(10-8-14)23-28(25,26)17-12-11-16(27-17)13-5-3-2-4-6-13/h2-12,23-24H,1H3. The molecule has 28 heavy (non-hydrogen) atoms. The van der Waals surface area contributed by atoms with Gasteiger partial charge in [-0.1, -0.05) is 42.5 Å². The molecule has 3 aromatic rings. The first kappa shape index (κ1) is 20.4. The highest BCUT2D eigenvalue weighted by Gasteiger charge is 2.51. The first-order valence-corrected chi connectivity index (χ1v) is 10.4. The molecule has 2 N–H and O–H groups in total. The second kappa shape index (κ2) is 7.23. The van der Waals surface area contributed by atoms with Gasteiger partial charge in [-0.25, -0.2) is 8.42 Å². The Balaban J connectivity index is 1.81. The third-order valence-electron chi connectivity index (χ3n) is 4.16. The molecule has 4 nitrogen and oxygen atoms in total. The molecular weight excluding hydrogens is 411 g/mol. The van der Waals surface area contributed by atoms with Gasteiger partial charge in [0.1, 0.15) is 4.21 Å². The number of alkyl halides is 3. The lowest BCUT2D eigenvalue weighted by atomic mass is 9.95. The summed E-state index contributed by atoms with van der Waals surface area (Å²) in [5.74, 6) is 0. The molecule has 0 spiro atoms. The molecule has 0 aliphatic carbocycles. The Morgan fingerprint density at radius 3 is 2.11 bits per heavy atom. The maximum Gasteiger partial charge on any atom is 0.421 e. The number of hydrogen-bond donors (Lipinski definition) is 2. The monoisotopic (exact) mass is 427 g/mol. The van der Waals surface area contributed by atoms with Crippen molar-refractivity contribution in [3.63, 3.8) is 0 Å². The fourth-order valence-electron chi connectivity index (χ4n) is 2.45. The molecule has 2 aromatic carbocycles. The van der Waals surface area contributed by atoms with E-state index in [9.17, 15) is 26.7 Å². The van der Waals surface area contributed by atoms with E-state index in [4.69, 9.17) is 0 Å². The quantitative estimate of drug-likeness (QED) is 0.603. The molecular formula is C19H16F3NO3S2. The van der Waals surface area contributed by atoms with Gasteiger partial charge < -0.3 is 5.11 Å². The summed E-state index contributed by atoms with van der Waals surface area (Å²) in [6.07, 6.45) is -4.85. The fourth-order valence-corrected chi connectivity index (χ4v) is 4.82. The van der Waals surface area contributed by atoms with Crippen LogP contribution in [0, 0.1) is 0 Å². The lowest BCUT2D eigenvalue weighted by molar-refractivity contribution is -0.258. The number of sulfonamides is 1. The molecule has 0 bridgehead atoms. The minimum absolute atomic E-state index is 0.0812. The molecule has 0 fully saturated rings. The summed E-state index contributed by atoms with van der Waals surface area (Å²) >= 11 is 1.08.